The van der Waals surface area contributed by atoms with E-state index in [1.165, 1.54) is 18.7 Å². The maximum absolute atomic E-state index is 11.2. The zero-order valence-electron chi connectivity index (χ0n) is 26.0. The number of likely N-dealkylation sites (N-methyl/N-ethyl adjacent to an activating group) is 2. The number of nitrogens with one attached hydrogen (secondary N) is 3. The first-order valence-electron chi connectivity index (χ1n) is 14.0. The lowest BCUT2D eigenvalue weighted by atomic mass is 9.86. The SMILES string of the molecule is C/C=C(\C=C/CC(=O)NCC=O)C(C)(C)C.CC.CN1CCNCC1.CNCCOc1cccc(OCC=O)c1. The van der Waals surface area contributed by atoms with Crippen LogP contribution in [0.4, 0.5) is 0 Å². The van der Waals surface area contributed by atoms with Crippen LogP contribution in [0.15, 0.2) is 48.1 Å². The van der Waals surface area contributed by atoms with Gasteiger partial charge in [-0.3, -0.25) is 9.59 Å². The first kappa shape index (κ1) is 39.1. The molecule has 1 aliphatic rings. The van der Waals surface area contributed by atoms with E-state index in [9.17, 15) is 14.4 Å². The summed E-state index contributed by atoms with van der Waals surface area (Å²) >= 11 is 0. The summed E-state index contributed by atoms with van der Waals surface area (Å²) in [6.45, 7) is 18.7. The highest BCUT2D eigenvalue weighted by molar-refractivity contribution is 5.79. The smallest absolute Gasteiger partial charge is 0.224 e. The van der Waals surface area contributed by atoms with Crippen molar-refractivity contribution in [1.29, 1.82) is 0 Å². The molecule has 0 atom stereocenters. The minimum Gasteiger partial charge on any atom is -0.492 e. The number of hydrogen-bond donors (Lipinski definition) is 3. The van der Waals surface area contributed by atoms with E-state index >= 15 is 0 Å². The number of nitrogens with zero attached hydrogens (tertiary/aromatic N) is 1. The predicted molar refractivity (Wildman–Crippen MR) is 165 cm³/mol. The average Bonchev–Trinajstić information content (AvgIpc) is 2.95. The van der Waals surface area contributed by atoms with Crippen LogP contribution in [0.2, 0.25) is 0 Å². The molecule has 1 heterocycles. The molecule has 1 amide bonds. The minimum atomic E-state index is -0.132. The van der Waals surface area contributed by atoms with Gasteiger partial charge in [-0.05, 0) is 44.1 Å². The van der Waals surface area contributed by atoms with Gasteiger partial charge < -0.3 is 35.1 Å². The van der Waals surface area contributed by atoms with E-state index in [1.54, 1.807) is 12.1 Å². The lowest BCUT2D eigenvalue weighted by molar-refractivity contribution is -0.121. The fraction of sp³-hybridized carbons (Fsp3) is 0.581. The molecule has 0 spiro atoms. The molecule has 3 N–H and O–H groups in total. The van der Waals surface area contributed by atoms with Crippen LogP contribution in [-0.2, 0) is 14.4 Å². The van der Waals surface area contributed by atoms with E-state index in [4.69, 9.17) is 9.47 Å². The highest BCUT2D eigenvalue weighted by Gasteiger charge is 2.13. The zero-order chi connectivity index (χ0) is 30.7. The first-order valence-corrected chi connectivity index (χ1v) is 14.0. The Morgan fingerprint density at radius 2 is 1.70 bits per heavy atom. The number of allylic oxidation sites excluding steroid dienone is 3. The number of carbonyl (C=O) groups excluding carboxylic acids is 3. The fourth-order valence-corrected chi connectivity index (χ4v) is 3.13. The number of aldehydes is 2. The average molecular weight is 563 g/mol. The molecule has 0 bridgehead atoms. The van der Waals surface area contributed by atoms with Crippen molar-refractivity contribution in [3.8, 4) is 11.5 Å². The minimum absolute atomic E-state index is 0.0694. The molecule has 0 radical (unpaired) electrons. The molecule has 9 heteroatoms. The van der Waals surface area contributed by atoms with Gasteiger partial charge in [-0.15, -0.1) is 0 Å². The Morgan fingerprint density at radius 1 is 1.07 bits per heavy atom. The van der Waals surface area contributed by atoms with Crippen molar-refractivity contribution in [2.45, 2.75) is 48.0 Å². The Morgan fingerprint density at radius 3 is 2.17 bits per heavy atom. The van der Waals surface area contributed by atoms with Crippen molar-refractivity contribution in [3.05, 3.63) is 48.1 Å². The fourth-order valence-electron chi connectivity index (χ4n) is 3.13. The number of carbonyl (C=O) groups is 3. The molecule has 0 saturated carbocycles. The van der Waals surface area contributed by atoms with Crippen molar-refractivity contribution in [2.75, 3.05) is 66.6 Å². The Labute approximate surface area is 242 Å². The lowest BCUT2D eigenvalue weighted by Gasteiger charge is -2.21. The summed E-state index contributed by atoms with van der Waals surface area (Å²) in [7, 11) is 4.02. The largest absolute Gasteiger partial charge is 0.492 e. The third-order valence-electron chi connectivity index (χ3n) is 5.25. The second-order valence-electron chi connectivity index (χ2n) is 9.53. The molecular weight excluding hydrogens is 508 g/mol. The molecule has 1 aromatic carbocycles. The molecule has 1 aliphatic heterocycles. The quantitative estimate of drug-likeness (QED) is 0.201. The number of piperazine rings is 1. The van der Waals surface area contributed by atoms with Gasteiger partial charge in [0.2, 0.25) is 5.91 Å². The Hall–Kier alpha value is -3.01. The van der Waals surface area contributed by atoms with Crippen LogP contribution >= 0.6 is 0 Å². The number of ether oxygens (including phenoxy) is 2. The van der Waals surface area contributed by atoms with E-state index in [2.05, 4.69) is 48.7 Å². The summed E-state index contributed by atoms with van der Waals surface area (Å²) in [6, 6.07) is 7.23. The summed E-state index contributed by atoms with van der Waals surface area (Å²) < 4.78 is 10.6. The molecule has 9 nitrogen and oxygen atoms in total. The van der Waals surface area contributed by atoms with Gasteiger partial charge in [0.25, 0.3) is 0 Å². The van der Waals surface area contributed by atoms with Crippen LogP contribution in [-0.4, -0.2) is 90.0 Å². The second-order valence-corrected chi connectivity index (χ2v) is 9.53. The molecule has 1 fully saturated rings. The molecule has 0 unspecified atom stereocenters. The van der Waals surface area contributed by atoms with E-state index in [0.717, 1.165) is 25.4 Å². The van der Waals surface area contributed by atoms with Gasteiger partial charge >= 0.3 is 0 Å². The van der Waals surface area contributed by atoms with Gasteiger partial charge in [0.15, 0.2) is 6.29 Å². The van der Waals surface area contributed by atoms with Crippen molar-refractivity contribution in [1.82, 2.24) is 20.9 Å². The van der Waals surface area contributed by atoms with E-state index in [-0.39, 0.29) is 24.5 Å². The van der Waals surface area contributed by atoms with Crippen LogP contribution in [0.1, 0.15) is 48.0 Å². The number of benzene rings is 1. The van der Waals surface area contributed by atoms with Gasteiger partial charge in [0.05, 0.1) is 6.54 Å². The molecule has 1 aromatic rings. The van der Waals surface area contributed by atoms with Crippen molar-refractivity contribution in [3.63, 3.8) is 0 Å². The van der Waals surface area contributed by atoms with Gasteiger partial charge in [-0.25, -0.2) is 0 Å². The topological polar surface area (TPSA) is 109 Å². The van der Waals surface area contributed by atoms with Crippen LogP contribution in [0, 0.1) is 5.41 Å². The molecule has 228 valence electrons. The van der Waals surface area contributed by atoms with Crippen molar-refractivity contribution >= 4 is 18.5 Å². The van der Waals surface area contributed by atoms with Crippen molar-refractivity contribution in [2.24, 2.45) is 5.41 Å². The maximum Gasteiger partial charge on any atom is 0.224 e. The normalized spacial score (nSPS) is 13.3. The first-order chi connectivity index (χ1) is 19.2. The summed E-state index contributed by atoms with van der Waals surface area (Å²) in [5.74, 6) is 1.26. The predicted octanol–water partition coefficient (Wildman–Crippen LogP) is 3.65. The van der Waals surface area contributed by atoms with Crippen LogP contribution in [0.3, 0.4) is 0 Å². The molecular formula is C31H54N4O5. The summed E-state index contributed by atoms with van der Waals surface area (Å²) in [4.78, 5) is 33.6. The van der Waals surface area contributed by atoms with E-state index in [1.807, 2.05) is 58.2 Å². The number of rotatable bonds is 12. The van der Waals surface area contributed by atoms with Crippen molar-refractivity contribution < 1.29 is 23.9 Å². The number of amides is 1. The third-order valence-corrected chi connectivity index (χ3v) is 5.25. The Kier molecular flexibility index (Phi) is 25.7. The van der Waals surface area contributed by atoms with Gasteiger partial charge in [0.1, 0.15) is 31.0 Å². The second kappa shape index (κ2) is 26.2. The highest BCUT2D eigenvalue weighted by Crippen LogP contribution is 2.26. The zero-order valence-corrected chi connectivity index (χ0v) is 26.0. The summed E-state index contributed by atoms with van der Waals surface area (Å²) in [5.41, 5.74) is 1.28. The van der Waals surface area contributed by atoms with Crippen LogP contribution in [0.5, 0.6) is 11.5 Å². The summed E-state index contributed by atoms with van der Waals surface area (Å²) in [6.07, 6.45) is 7.52. The number of hydrogen-bond acceptors (Lipinski definition) is 8. The molecule has 0 aromatic heterocycles. The highest BCUT2D eigenvalue weighted by atomic mass is 16.5. The van der Waals surface area contributed by atoms with E-state index in [0.29, 0.717) is 31.3 Å². The van der Waals surface area contributed by atoms with Crippen LogP contribution in [0.25, 0.3) is 0 Å². The van der Waals surface area contributed by atoms with Gasteiger partial charge in [-0.2, -0.15) is 0 Å². The molecule has 0 aliphatic carbocycles. The van der Waals surface area contributed by atoms with Gasteiger partial charge in [0, 0.05) is 45.2 Å². The van der Waals surface area contributed by atoms with Crippen LogP contribution < -0.4 is 25.4 Å². The van der Waals surface area contributed by atoms with Gasteiger partial charge in [-0.1, -0.05) is 58.9 Å². The Balaban J connectivity index is 0. The standard InChI is InChI=1S/C13H21NO2.C11H15NO3.C5H12N2.C2H6/c1-5-11(13(2,3)4)7-6-8-12(16)14-9-10-15;1-12-5-7-14-10-3-2-4-11(9-10)15-8-6-13;1-7-4-2-6-3-5-7;1-2/h5-7,10H,8-9H2,1-4H3,(H,14,16);2-4,6,9,12H,5,7-8H2,1H3;6H,2-5H2,1H3;1-2H3/b7-6-,11-5+;;;. The molecule has 2 rings (SSSR count). The summed E-state index contributed by atoms with van der Waals surface area (Å²) in [5, 5.41) is 8.74. The third kappa shape index (κ3) is 22.9. The van der Waals surface area contributed by atoms with E-state index < -0.39 is 0 Å². The molecule has 40 heavy (non-hydrogen) atoms. The lowest BCUT2D eigenvalue weighted by Crippen LogP contribution is -2.40. The monoisotopic (exact) mass is 562 g/mol. The maximum atomic E-state index is 11.2. The Bertz CT molecular complexity index is 844. The molecule has 1 saturated heterocycles.